The van der Waals surface area contributed by atoms with E-state index in [0.29, 0.717) is 31.6 Å². The van der Waals surface area contributed by atoms with E-state index >= 15 is 0 Å². The molecule has 2 heterocycles. The van der Waals surface area contributed by atoms with Crippen molar-refractivity contribution in [3.05, 3.63) is 0 Å². The van der Waals surface area contributed by atoms with Gasteiger partial charge < -0.3 is 4.90 Å². The first-order chi connectivity index (χ1) is 9.68. The van der Waals surface area contributed by atoms with Crippen LogP contribution in [0.25, 0.3) is 0 Å². The Morgan fingerprint density at radius 2 is 1.76 bits per heavy atom. The number of rotatable bonds is 4. The zero-order valence-electron chi connectivity index (χ0n) is 14.2. The second-order valence-corrected chi connectivity index (χ2v) is 9.28. The van der Waals surface area contributed by atoms with Gasteiger partial charge in [-0.25, -0.2) is 0 Å². The molecule has 2 aliphatic rings. The van der Waals surface area contributed by atoms with Crippen LogP contribution in [0.5, 0.6) is 0 Å². The summed E-state index contributed by atoms with van der Waals surface area (Å²) in [6, 6.07) is 0.308. The number of hydrogen-bond donors (Lipinski definition) is 0. The molecule has 2 aliphatic heterocycles. The third-order valence-corrected chi connectivity index (χ3v) is 7.49. The van der Waals surface area contributed by atoms with Crippen LogP contribution in [0.1, 0.15) is 46.5 Å². The van der Waals surface area contributed by atoms with Crippen molar-refractivity contribution in [3.8, 4) is 0 Å². The van der Waals surface area contributed by atoms with Crippen LogP contribution < -0.4 is 0 Å². The average Bonchev–Trinajstić information content (AvgIpc) is 2.75. The molecule has 0 spiro atoms. The lowest BCUT2D eigenvalue weighted by molar-refractivity contribution is 0.225. The molecule has 1 unspecified atom stereocenters. The van der Waals surface area contributed by atoms with Crippen LogP contribution in [0.4, 0.5) is 0 Å². The molecule has 1 atom stereocenters. The van der Waals surface area contributed by atoms with E-state index in [1.807, 2.05) is 27.9 Å². The number of hydrogen-bond acceptors (Lipinski definition) is 3. The molecule has 0 bridgehead atoms. The second kappa shape index (κ2) is 6.14. The summed E-state index contributed by atoms with van der Waals surface area (Å²) in [7, 11) is 0.735. The Bertz CT molecular complexity index is 454. The highest BCUT2D eigenvalue weighted by Gasteiger charge is 2.47. The SMILES string of the molecule is CCC1CCN(S(=O)(=O)N2CC(N(C)C)CC2(C)C)CC1. The van der Waals surface area contributed by atoms with E-state index < -0.39 is 10.2 Å². The van der Waals surface area contributed by atoms with E-state index in [-0.39, 0.29) is 5.54 Å². The molecule has 0 amide bonds. The van der Waals surface area contributed by atoms with Crippen molar-refractivity contribution in [2.24, 2.45) is 5.92 Å². The van der Waals surface area contributed by atoms with Gasteiger partial charge in [0.25, 0.3) is 10.2 Å². The maximum Gasteiger partial charge on any atom is 0.282 e. The van der Waals surface area contributed by atoms with E-state index in [1.54, 1.807) is 8.61 Å². The highest BCUT2D eigenvalue weighted by molar-refractivity contribution is 7.86. The highest BCUT2D eigenvalue weighted by Crippen LogP contribution is 2.35. The van der Waals surface area contributed by atoms with Crippen molar-refractivity contribution in [2.75, 3.05) is 33.7 Å². The van der Waals surface area contributed by atoms with Crippen molar-refractivity contribution in [3.63, 3.8) is 0 Å². The largest absolute Gasteiger partial charge is 0.305 e. The van der Waals surface area contributed by atoms with E-state index in [1.165, 1.54) is 0 Å². The van der Waals surface area contributed by atoms with E-state index in [4.69, 9.17) is 0 Å². The Hall–Kier alpha value is -0.170. The molecule has 5 nitrogen and oxygen atoms in total. The van der Waals surface area contributed by atoms with Gasteiger partial charge in [0, 0.05) is 31.2 Å². The fourth-order valence-electron chi connectivity index (χ4n) is 3.62. The minimum absolute atomic E-state index is 0.296. The maximum absolute atomic E-state index is 13.0. The van der Waals surface area contributed by atoms with Gasteiger partial charge >= 0.3 is 0 Å². The van der Waals surface area contributed by atoms with Gasteiger partial charge in [-0.05, 0) is 53.1 Å². The molecule has 21 heavy (non-hydrogen) atoms. The maximum atomic E-state index is 13.0. The third kappa shape index (κ3) is 3.44. The molecule has 0 aromatic rings. The molecule has 0 aromatic heterocycles. The molecule has 0 saturated carbocycles. The Morgan fingerprint density at radius 3 is 2.19 bits per heavy atom. The minimum Gasteiger partial charge on any atom is -0.305 e. The summed E-state index contributed by atoms with van der Waals surface area (Å²) in [6.07, 6.45) is 4.05. The number of likely N-dealkylation sites (N-methyl/N-ethyl adjacent to an activating group) is 1. The van der Waals surface area contributed by atoms with Crippen LogP contribution in [0, 0.1) is 5.92 Å². The molecule has 0 N–H and O–H groups in total. The molecule has 6 heteroatoms. The summed E-state index contributed by atoms with van der Waals surface area (Å²) in [6.45, 7) is 8.26. The van der Waals surface area contributed by atoms with E-state index in [0.717, 1.165) is 25.7 Å². The van der Waals surface area contributed by atoms with Crippen LogP contribution in [-0.2, 0) is 10.2 Å². The highest BCUT2D eigenvalue weighted by atomic mass is 32.2. The van der Waals surface area contributed by atoms with Crippen LogP contribution in [0.15, 0.2) is 0 Å². The van der Waals surface area contributed by atoms with Gasteiger partial charge in [0.2, 0.25) is 0 Å². The van der Waals surface area contributed by atoms with Gasteiger partial charge in [0.15, 0.2) is 0 Å². The monoisotopic (exact) mass is 317 g/mol. The summed E-state index contributed by atoms with van der Waals surface area (Å²) in [5, 5.41) is 0. The molecular weight excluding hydrogens is 286 g/mol. The van der Waals surface area contributed by atoms with Crippen molar-refractivity contribution >= 4 is 10.2 Å². The predicted molar refractivity (Wildman–Crippen MR) is 86.4 cm³/mol. The summed E-state index contributed by atoms with van der Waals surface area (Å²) in [5.74, 6) is 0.692. The van der Waals surface area contributed by atoms with Crippen LogP contribution in [0.3, 0.4) is 0 Å². The van der Waals surface area contributed by atoms with E-state index in [9.17, 15) is 8.42 Å². The standard InChI is InChI=1S/C15H31N3O2S/c1-6-13-7-9-17(10-8-13)21(19,20)18-12-14(16(4)5)11-15(18,2)3/h13-14H,6-12H2,1-5H3. The smallest absolute Gasteiger partial charge is 0.282 e. The van der Waals surface area contributed by atoms with Gasteiger partial charge in [-0.3, -0.25) is 0 Å². The van der Waals surface area contributed by atoms with E-state index in [2.05, 4.69) is 11.8 Å². The van der Waals surface area contributed by atoms with Crippen LogP contribution in [-0.4, -0.2) is 67.2 Å². The van der Waals surface area contributed by atoms with Crippen molar-refractivity contribution < 1.29 is 8.42 Å². The Morgan fingerprint density at radius 1 is 1.19 bits per heavy atom. The Labute approximate surface area is 130 Å². The third-order valence-electron chi connectivity index (χ3n) is 5.27. The first kappa shape index (κ1) is 17.2. The van der Waals surface area contributed by atoms with Crippen LogP contribution in [0.2, 0.25) is 0 Å². The molecular formula is C15H31N3O2S. The first-order valence-electron chi connectivity index (χ1n) is 8.13. The normalized spacial score (nSPS) is 29.3. The summed E-state index contributed by atoms with van der Waals surface area (Å²) >= 11 is 0. The average molecular weight is 317 g/mol. The lowest BCUT2D eigenvalue weighted by Crippen LogP contribution is -2.52. The molecule has 2 rings (SSSR count). The van der Waals surface area contributed by atoms with Gasteiger partial charge in [0.1, 0.15) is 0 Å². The summed E-state index contributed by atoms with van der Waals surface area (Å²) in [5.41, 5.74) is -0.296. The first-order valence-corrected chi connectivity index (χ1v) is 9.52. The Kier molecular flexibility index (Phi) is 5.03. The number of piperidine rings is 1. The fraction of sp³-hybridized carbons (Fsp3) is 1.00. The zero-order valence-corrected chi connectivity index (χ0v) is 15.0. The van der Waals surface area contributed by atoms with Gasteiger partial charge in [0.05, 0.1) is 0 Å². The van der Waals surface area contributed by atoms with Gasteiger partial charge in [-0.2, -0.15) is 17.0 Å². The summed E-state index contributed by atoms with van der Waals surface area (Å²) < 4.78 is 29.4. The predicted octanol–water partition coefficient (Wildman–Crippen LogP) is 1.77. The lowest BCUT2D eigenvalue weighted by Gasteiger charge is -2.38. The lowest BCUT2D eigenvalue weighted by atomic mass is 9.96. The molecule has 2 saturated heterocycles. The molecule has 0 aliphatic carbocycles. The number of nitrogens with zero attached hydrogens (tertiary/aromatic N) is 3. The molecule has 0 radical (unpaired) electrons. The van der Waals surface area contributed by atoms with Gasteiger partial charge in [-0.1, -0.05) is 13.3 Å². The molecule has 124 valence electrons. The zero-order chi connectivity index (χ0) is 15.8. The Balaban J connectivity index is 2.12. The fourth-order valence-corrected chi connectivity index (χ4v) is 5.63. The second-order valence-electron chi connectivity index (χ2n) is 7.42. The van der Waals surface area contributed by atoms with Crippen molar-refractivity contribution in [1.82, 2.24) is 13.5 Å². The van der Waals surface area contributed by atoms with Crippen LogP contribution >= 0.6 is 0 Å². The quantitative estimate of drug-likeness (QED) is 0.794. The topological polar surface area (TPSA) is 43.9 Å². The van der Waals surface area contributed by atoms with Crippen molar-refractivity contribution in [2.45, 2.75) is 58.0 Å². The summed E-state index contributed by atoms with van der Waals surface area (Å²) in [4.78, 5) is 2.14. The minimum atomic E-state index is -3.33. The van der Waals surface area contributed by atoms with Gasteiger partial charge in [-0.15, -0.1) is 0 Å². The molecule has 0 aromatic carbocycles. The van der Waals surface area contributed by atoms with Crippen molar-refractivity contribution in [1.29, 1.82) is 0 Å². The molecule has 2 fully saturated rings.